The van der Waals surface area contributed by atoms with E-state index in [0.29, 0.717) is 0 Å². The number of thiophene rings is 1. The number of hydrogen-bond donors (Lipinski definition) is 0. The van der Waals surface area contributed by atoms with Crippen LogP contribution in [0.4, 0.5) is 11.4 Å². The molecule has 0 saturated heterocycles. The maximum Gasteiger partial charge on any atom is 0.0493 e. The third-order valence-corrected chi connectivity index (χ3v) is 8.59. The van der Waals surface area contributed by atoms with Crippen molar-refractivity contribution in [1.29, 1.82) is 0 Å². The van der Waals surface area contributed by atoms with Crippen LogP contribution in [0.1, 0.15) is 5.56 Å². The lowest BCUT2D eigenvalue weighted by Gasteiger charge is -2.26. The summed E-state index contributed by atoms with van der Waals surface area (Å²) in [5.74, 6) is 0. The molecule has 7 rings (SSSR count). The molecule has 1 aliphatic heterocycles. The van der Waals surface area contributed by atoms with Gasteiger partial charge in [0.15, 0.2) is 0 Å². The summed E-state index contributed by atoms with van der Waals surface area (Å²) in [5, 5.41) is 2.66. The highest BCUT2D eigenvalue weighted by Crippen LogP contribution is 2.38. The Morgan fingerprint density at radius 1 is 0.590 bits per heavy atom. The average molecular weight is 518 g/mol. The van der Waals surface area contributed by atoms with Gasteiger partial charge in [0.05, 0.1) is 0 Å². The van der Waals surface area contributed by atoms with E-state index in [1.54, 1.807) is 0 Å². The molecule has 2 heterocycles. The Kier molecular flexibility index (Phi) is 5.96. The minimum absolute atomic E-state index is 0.784. The molecular formula is C37H27NS. The van der Waals surface area contributed by atoms with Crippen molar-refractivity contribution in [2.24, 2.45) is 0 Å². The Labute approximate surface area is 233 Å². The molecule has 0 radical (unpaired) electrons. The van der Waals surface area contributed by atoms with Crippen LogP contribution < -0.4 is 4.90 Å². The highest BCUT2D eigenvalue weighted by Gasteiger charge is 2.15. The van der Waals surface area contributed by atoms with Gasteiger partial charge in [-0.25, -0.2) is 0 Å². The van der Waals surface area contributed by atoms with Crippen LogP contribution in [0, 0.1) is 0 Å². The summed E-state index contributed by atoms with van der Waals surface area (Å²) in [6.45, 7) is 5.10. The van der Waals surface area contributed by atoms with Gasteiger partial charge in [-0.2, -0.15) is 0 Å². The fourth-order valence-corrected chi connectivity index (χ4v) is 6.55. The van der Waals surface area contributed by atoms with Crippen LogP contribution in [0.2, 0.25) is 0 Å². The lowest BCUT2D eigenvalue weighted by Crippen LogP contribution is -2.18. The van der Waals surface area contributed by atoms with Crippen molar-refractivity contribution in [2.45, 2.75) is 0 Å². The van der Waals surface area contributed by atoms with Crippen LogP contribution in [-0.4, -0.2) is 6.54 Å². The molecule has 0 amide bonds. The van der Waals surface area contributed by atoms with Crippen molar-refractivity contribution in [2.75, 3.05) is 11.4 Å². The molecule has 186 valence electrons. The first-order valence-electron chi connectivity index (χ1n) is 13.3. The summed E-state index contributed by atoms with van der Waals surface area (Å²) < 4.78 is 2.67. The topological polar surface area (TPSA) is 3.24 Å². The van der Waals surface area contributed by atoms with Gasteiger partial charge in [0.1, 0.15) is 0 Å². The van der Waals surface area contributed by atoms with Crippen molar-refractivity contribution in [1.82, 2.24) is 0 Å². The molecule has 0 spiro atoms. The van der Waals surface area contributed by atoms with Crippen LogP contribution in [0.15, 0.2) is 146 Å². The highest BCUT2D eigenvalue weighted by molar-refractivity contribution is 7.25. The highest BCUT2D eigenvalue weighted by atomic mass is 32.1. The van der Waals surface area contributed by atoms with Gasteiger partial charge in [0, 0.05) is 43.7 Å². The van der Waals surface area contributed by atoms with Crippen molar-refractivity contribution < 1.29 is 0 Å². The van der Waals surface area contributed by atoms with Gasteiger partial charge in [0.25, 0.3) is 0 Å². The van der Waals surface area contributed by atoms with Crippen molar-refractivity contribution in [3.05, 3.63) is 152 Å². The van der Waals surface area contributed by atoms with Crippen LogP contribution in [0.25, 0.3) is 48.0 Å². The summed E-state index contributed by atoms with van der Waals surface area (Å²) >= 11 is 1.86. The molecule has 6 aromatic rings. The molecule has 0 bridgehead atoms. The van der Waals surface area contributed by atoms with E-state index >= 15 is 0 Å². The van der Waals surface area contributed by atoms with Gasteiger partial charge in [-0.05, 0) is 70.3 Å². The smallest absolute Gasteiger partial charge is 0.0493 e. The van der Waals surface area contributed by atoms with E-state index < -0.39 is 0 Å². The molecule has 5 aromatic carbocycles. The van der Waals surface area contributed by atoms with E-state index in [-0.39, 0.29) is 0 Å². The number of hydrogen-bond acceptors (Lipinski definition) is 2. The van der Waals surface area contributed by atoms with E-state index in [2.05, 4.69) is 151 Å². The minimum atomic E-state index is 0.784. The quantitative estimate of drug-likeness (QED) is 0.226. The van der Waals surface area contributed by atoms with Gasteiger partial charge in [0.2, 0.25) is 0 Å². The third-order valence-electron chi connectivity index (χ3n) is 7.44. The normalized spacial score (nSPS) is 15.0. The summed E-state index contributed by atoms with van der Waals surface area (Å²) in [6.07, 6.45) is 8.45. The number of allylic oxidation sites excluding steroid dienone is 4. The second-order valence-corrected chi connectivity index (χ2v) is 11.0. The largest absolute Gasteiger partial charge is 0.337 e. The molecule has 0 N–H and O–H groups in total. The monoisotopic (exact) mass is 517 g/mol. The zero-order chi connectivity index (χ0) is 26.2. The molecule has 0 fully saturated rings. The van der Waals surface area contributed by atoms with Crippen LogP contribution in [-0.2, 0) is 0 Å². The Balaban J connectivity index is 1.28. The molecule has 39 heavy (non-hydrogen) atoms. The summed E-state index contributed by atoms with van der Waals surface area (Å²) in [4.78, 5) is 2.37. The number of para-hydroxylation sites is 1. The fourth-order valence-electron chi connectivity index (χ4n) is 5.47. The average Bonchev–Trinajstić information content (AvgIpc) is 3.39. The van der Waals surface area contributed by atoms with Crippen LogP contribution in [0.5, 0.6) is 0 Å². The fraction of sp³-hybridized carbons (Fsp3) is 0.0270. The first-order chi connectivity index (χ1) is 19.2. The van der Waals surface area contributed by atoms with E-state index in [4.69, 9.17) is 0 Å². The predicted molar refractivity (Wildman–Crippen MR) is 171 cm³/mol. The molecule has 0 unspecified atom stereocenters. The molecule has 0 aliphatic carbocycles. The van der Waals surface area contributed by atoms with Crippen LogP contribution in [0.3, 0.4) is 0 Å². The summed E-state index contributed by atoms with van der Waals surface area (Å²) in [6, 6.07) is 41.8. The van der Waals surface area contributed by atoms with Gasteiger partial charge in [-0.3, -0.25) is 0 Å². The molecule has 2 heteroatoms. The third kappa shape index (κ3) is 4.39. The lowest BCUT2D eigenvalue weighted by molar-refractivity contribution is 1.09. The zero-order valence-corrected chi connectivity index (χ0v) is 22.4. The molecule has 1 aromatic heterocycles. The first kappa shape index (κ1) is 23.5. The molecule has 1 aliphatic rings. The van der Waals surface area contributed by atoms with E-state index in [1.807, 2.05) is 11.3 Å². The van der Waals surface area contributed by atoms with E-state index in [0.717, 1.165) is 23.4 Å². The van der Waals surface area contributed by atoms with Gasteiger partial charge >= 0.3 is 0 Å². The molecule has 0 atom stereocenters. The Morgan fingerprint density at radius 3 is 2.21 bits per heavy atom. The predicted octanol–water partition coefficient (Wildman–Crippen LogP) is 10.7. The molecule has 1 nitrogen and oxygen atoms in total. The van der Waals surface area contributed by atoms with E-state index in [1.165, 1.54) is 48.1 Å². The van der Waals surface area contributed by atoms with Gasteiger partial charge in [-0.15, -0.1) is 11.3 Å². The Morgan fingerprint density at radius 2 is 1.31 bits per heavy atom. The first-order valence-corrected chi connectivity index (χ1v) is 14.1. The van der Waals surface area contributed by atoms with Gasteiger partial charge < -0.3 is 4.90 Å². The van der Waals surface area contributed by atoms with Crippen molar-refractivity contribution >= 4 is 48.5 Å². The van der Waals surface area contributed by atoms with Gasteiger partial charge in [-0.1, -0.05) is 104 Å². The Bertz CT molecular complexity index is 1920. The van der Waals surface area contributed by atoms with Crippen LogP contribution >= 0.6 is 11.3 Å². The van der Waals surface area contributed by atoms with Crippen molar-refractivity contribution in [3.63, 3.8) is 0 Å². The maximum absolute atomic E-state index is 4.32. The summed E-state index contributed by atoms with van der Waals surface area (Å²) in [7, 11) is 0. The lowest BCUT2D eigenvalue weighted by atomic mass is 9.97. The van der Waals surface area contributed by atoms with Crippen molar-refractivity contribution in [3.8, 4) is 22.3 Å². The standard InChI is InChI=1S/C37H27NS/c1-26-11-3-2-8-22-38(35-18-6-4-16-32(26)35)31-15-10-14-29(24-31)27-12-9-13-28(23-27)30-20-21-37-34(25-30)33-17-5-7-19-36(33)39-37/h2-21,23-25H,1,22H2/b8-2-,11-3-. The number of fused-ring (bicyclic) bond motifs is 4. The summed E-state index contributed by atoms with van der Waals surface area (Å²) in [5.41, 5.74) is 9.39. The number of rotatable bonds is 3. The Hall–Kier alpha value is -4.66. The molecule has 0 saturated carbocycles. The number of nitrogens with zero attached hydrogens (tertiary/aromatic N) is 1. The number of benzene rings is 5. The van der Waals surface area contributed by atoms with E-state index in [9.17, 15) is 0 Å². The zero-order valence-electron chi connectivity index (χ0n) is 21.5. The maximum atomic E-state index is 4.32. The minimum Gasteiger partial charge on any atom is -0.337 e. The second-order valence-electron chi connectivity index (χ2n) is 9.88. The number of anilines is 2. The molecular weight excluding hydrogens is 490 g/mol. The SMILES string of the molecule is C=C1/C=C\C=C/CN(c2cccc(-c3cccc(-c4ccc5sc6ccccc6c5c4)c3)c2)c2ccccc21. The second kappa shape index (κ2) is 9.90.